The summed E-state index contributed by atoms with van der Waals surface area (Å²) >= 11 is 13.6. The van der Waals surface area contributed by atoms with E-state index in [9.17, 15) is 4.79 Å². The number of amides is 1. The summed E-state index contributed by atoms with van der Waals surface area (Å²) in [6, 6.07) is 9.12. The van der Waals surface area contributed by atoms with Crippen LogP contribution >= 0.6 is 34.5 Å². The van der Waals surface area contributed by atoms with Crippen molar-refractivity contribution in [3.8, 4) is 5.75 Å². The summed E-state index contributed by atoms with van der Waals surface area (Å²) in [6.07, 6.45) is 0. The zero-order chi connectivity index (χ0) is 21.1. The third-order valence-electron chi connectivity index (χ3n) is 4.37. The van der Waals surface area contributed by atoms with E-state index in [2.05, 4.69) is 19.1 Å². The molecule has 0 atom stereocenters. The van der Waals surface area contributed by atoms with Gasteiger partial charge in [0.05, 0.1) is 15.2 Å². The molecule has 0 spiro atoms. The van der Waals surface area contributed by atoms with Crippen LogP contribution in [0.4, 0.5) is 5.13 Å². The van der Waals surface area contributed by atoms with Gasteiger partial charge in [-0.15, -0.1) is 0 Å². The summed E-state index contributed by atoms with van der Waals surface area (Å²) in [5, 5.41) is 1.56. The Bertz CT molecular complexity index is 1040. The molecule has 1 aromatic heterocycles. The van der Waals surface area contributed by atoms with Crippen LogP contribution in [0.15, 0.2) is 30.3 Å². The summed E-state index contributed by atoms with van der Waals surface area (Å²) < 4.78 is 6.73. The molecule has 0 aliphatic rings. The molecule has 29 heavy (non-hydrogen) atoms. The Hall–Kier alpha value is -1.86. The van der Waals surface area contributed by atoms with Crippen molar-refractivity contribution in [1.29, 1.82) is 0 Å². The number of aromatic nitrogens is 1. The second-order valence-electron chi connectivity index (χ2n) is 7.14. The first-order valence-electron chi connectivity index (χ1n) is 9.15. The molecule has 0 N–H and O–H groups in total. The van der Waals surface area contributed by atoms with Crippen molar-refractivity contribution in [3.63, 3.8) is 0 Å². The standard InChI is InChI=1S/C21H23Cl2N3O2S/c1-13-9-14(2)20-18(10-13)29-21(24-20)26(8-7-25(3)4)19(27)12-28-17-6-5-15(22)11-16(17)23/h5-6,9-11H,7-8,12H2,1-4H3. The third-order valence-corrected chi connectivity index (χ3v) is 5.92. The summed E-state index contributed by atoms with van der Waals surface area (Å²) in [7, 11) is 3.94. The molecule has 5 nitrogen and oxygen atoms in total. The van der Waals surface area contributed by atoms with Gasteiger partial charge in [0, 0.05) is 18.1 Å². The van der Waals surface area contributed by atoms with E-state index in [4.69, 9.17) is 32.9 Å². The van der Waals surface area contributed by atoms with Crippen molar-refractivity contribution in [2.75, 3.05) is 38.7 Å². The van der Waals surface area contributed by atoms with E-state index in [1.54, 1.807) is 23.1 Å². The highest BCUT2D eigenvalue weighted by atomic mass is 35.5. The van der Waals surface area contributed by atoms with Crippen LogP contribution < -0.4 is 9.64 Å². The molecule has 8 heteroatoms. The Morgan fingerprint density at radius 2 is 1.90 bits per heavy atom. The molecule has 0 radical (unpaired) electrons. The smallest absolute Gasteiger partial charge is 0.266 e. The Morgan fingerprint density at radius 3 is 2.59 bits per heavy atom. The van der Waals surface area contributed by atoms with Crippen molar-refractivity contribution in [2.45, 2.75) is 13.8 Å². The second-order valence-corrected chi connectivity index (χ2v) is 8.99. The van der Waals surface area contributed by atoms with Gasteiger partial charge in [0.25, 0.3) is 5.91 Å². The number of halogens is 2. The highest BCUT2D eigenvalue weighted by Gasteiger charge is 2.21. The first-order valence-corrected chi connectivity index (χ1v) is 10.7. The van der Waals surface area contributed by atoms with Gasteiger partial charge >= 0.3 is 0 Å². The summed E-state index contributed by atoms with van der Waals surface area (Å²) in [6.45, 7) is 5.19. The number of fused-ring (bicyclic) bond motifs is 1. The van der Waals surface area contributed by atoms with Gasteiger partial charge in [-0.3, -0.25) is 9.69 Å². The van der Waals surface area contributed by atoms with Crippen LogP contribution in [-0.2, 0) is 4.79 Å². The minimum absolute atomic E-state index is 0.136. The number of ether oxygens (including phenoxy) is 1. The molecule has 0 aliphatic carbocycles. The van der Waals surface area contributed by atoms with Crippen molar-refractivity contribution in [3.05, 3.63) is 51.5 Å². The van der Waals surface area contributed by atoms with Gasteiger partial charge in [0.2, 0.25) is 0 Å². The summed E-state index contributed by atoms with van der Waals surface area (Å²) in [5.74, 6) is 0.249. The van der Waals surface area contributed by atoms with Gasteiger partial charge in [0.15, 0.2) is 11.7 Å². The number of carbonyl (C=O) groups is 1. The highest BCUT2D eigenvalue weighted by Crippen LogP contribution is 2.32. The summed E-state index contributed by atoms with van der Waals surface area (Å²) in [5.41, 5.74) is 3.21. The van der Waals surface area contributed by atoms with E-state index in [0.29, 0.717) is 34.0 Å². The first-order chi connectivity index (χ1) is 13.7. The van der Waals surface area contributed by atoms with E-state index in [1.165, 1.54) is 16.9 Å². The largest absolute Gasteiger partial charge is 0.482 e. The van der Waals surface area contributed by atoms with Crippen LogP contribution in [0, 0.1) is 13.8 Å². The normalized spacial score (nSPS) is 11.3. The average molecular weight is 452 g/mol. The maximum atomic E-state index is 13.0. The molecule has 0 saturated heterocycles. The Balaban J connectivity index is 1.84. The zero-order valence-corrected chi connectivity index (χ0v) is 19.2. The Morgan fingerprint density at radius 1 is 1.14 bits per heavy atom. The van der Waals surface area contributed by atoms with Gasteiger partial charge in [-0.2, -0.15) is 0 Å². The average Bonchev–Trinajstić information content (AvgIpc) is 3.04. The molecule has 2 aromatic carbocycles. The van der Waals surface area contributed by atoms with Crippen molar-refractivity contribution in [1.82, 2.24) is 9.88 Å². The highest BCUT2D eigenvalue weighted by molar-refractivity contribution is 7.22. The minimum Gasteiger partial charge on any atom is -0.482 e. The Labute approximate surface area is 184 Å². The lowest BCUT2D eigenvalue weighted by molar-refractivity contribution is -0.120. The van der Waals surface area contributed by atoms with E-state index >= 15 is 0 Å². The molecule has 0 aliphatic heterocycles. The van der Waals surface area contributed by atoms with Crippen molar-refractivity contribution < 1.29 is 9.53 Å². The number of carbonyl (C=O) groups excluding carboxylic acids is 1. The number of rotatable bonds is 7. The quantitative estimate of drug-likeness (QED) is 0.495. The molecule has 0 bridgehead atoms. The third kappa shape index (κ3) is 5.39. The molecule has 0 fully saturated rings. The van der Waals surface area contributed by atoms with Crippen LogP contribution in [-0.4, -0.2) is 49.6 Å². The molecule has 3 rings (SSSR count). The predicted molar refractivity (Wildman–Crippen MR) is 122 cm³/mol. The molecule has 154 valence electrons. The number of benzene rings is 2. The molecule has 1 amide bonds. The van der Waals surface area contributed by atoms with Crippen LogP contribution in [0.3, 0.4) is 0 Å². The van der Waals surface area contributed by atoms with Gasteiger partial charge in [-0.1, -0.05) is 40.6 Å². The number of hydrogen-bond donors (Lipinski definition) is 0. The van der Waals surface area contributed by atoms with E-state index in [1.807, 2.05) is 25.9 Å². The lowest BCUT2D eigenvalue weighted by Gasteiger charge is -2.22. The zero-order valence-electron chi connectivity index (χ0n) is 16.8. The van der Waals surface area contributed by atoms with Crippen LogP contribution in [0.1, 0.15) is 11.1 Å². The fourth-order valence-electron chi connectivity index (χ4n) is 2.91. The number of thiazole rings is 1. The molecule has 0 saturated carbocycles. The van der Waals surface area contributed by atoms with E-state index in [0.717, 1.165) is 15.8 Å². The lowest BCUT2D eigenvalue weighted by atomic mass is 10.1. The monoisotopic (exact) mass is 451 g/mol. The molecular formula is C21H23Cl2N3O2S. The minimum atomic E-state index is -0.175. The maximum absolute atomic E-state index is 13.0. The topological polar surface area (TPSA) is 45.7 Å². The van der Waals surface area contributed by atoms with Gasteiger partial charge in [-0.25, -0.2) is 4.98 Å². The fraction of sp³-hybridized carbons (Fsp3) is 0.333. The van der Waals surface area contributed by atoms with Gasteiger partial charge in [-0.05, 0) is 63.3 Å². The number of likely N-dealkylation sites (N-methyl/N-ethyl adjacent to an activating group) is 1. The molecule has 3 aromatic rings. The summed E-state index contributed by atoms with van der Waals surface area (Å²) in [4.78, 5) is 21.5. The van der Waals surface area contributed by atoms with Crippen molar-refractivity contribution in [2.24, 2.45) is 0 Å². The van der Waals surface area contributed by atoms with Gasteiger partial charge in [0.1, 0.15) is 5.75 Å². The fourth-order valence-corrected chi connectivity index (χ4v) is 4.56. The first kappa shape index (κ1) is 21.8. The lowest BCUT2D eigenvalue weighted by Crippen LogP contribution is -2.39. The van der Waals surface area contributed by atoms with E-state index in [-0.39, 0.29) is 12.5 Å². The molecular weight excluding hydrogens is 429 g/mol. The van der Waals surface area contributed by atoms with Crippen molar-refractivity contribution >= 4 is 55.8 Å². The number of nitrogens with zero attached hydrogens (tertiary/aromatic N) is 3. The van der Waals surface area contributed by atoms with Crippen LogP contribution in [0.25, 0.3) is 10.2 Å². The van der Waals surface area contributed by atoms with E-state index < -0.39 is 0 Å². The number of aryl methyl sites for hydroxylation is 2. The Kier molecular flexibility index (Phi) is 7.01. The SMILES string of the molecule is Cc1cc(C)c2nc(N(CCN(C)C)C(=O)COc3ccc(Cl)cc3Cl)sc2c1. The van der Waals surface area contributed by atoms with Gasteiger partial charge < -0.3 is 9.64 Å². The predicted octanol–water partition coefficient (Wildman–Crippen LogP) is 5.19. The molecule has 0 unspecified atom stereocenters. The molecule has 1 heterocycles. The second kappa shape index (κ2) is 9.30. The maximum Gasteiger partial charge on any atom is 0.266 e. The number of anilines is 1. The van der Waals surface area contributed by atoms with Crippen LogP contribution in [0.5, 0.6) is 5.75 Å². The number of hydrogen-bond acceptors (Lipinski definition) is 5. The van der Waals surface area contributed by atoms with Crippen LogP contribution in [0.2, 0.25) is 10.0 Å².